The molecule has 0 amide bonds. The third kappa shape index (κ3) is 3.77. The normalized spacial score (nSPS) is 9.80. The van der Waals surface area contributed by atoms with Gasteiger partial charge in [-0.25, -0.2) is 0 Å². The van der Waals surface area contributed by atoms with E-state index in [9.17, 15) is 0 Å². The monoisotopic (exact) mass is 288 g/mol. The molecule has 0 saturated carbocycles. The Morgan fingerprint density at radius 3 is 1.45 bits per heavy atom. The molecule has 0 spiro atoms. The molecule has 0 radical (unpaired) electrons. The highest BCUT2D eigenvalue weighted by atomic mass is 31.1. The minimum absolute atomic E-state index is 0. The van der Waals surface area contributed by atoms with E-state index in [2.05, 4.69) is 38.1 Å². The third-order valence-corrected chi connectivity index (χ3v) is 4.80. The summed E-state index contributed by atoms with van der Waals surface area (Å²) < 4.78 is 10.5. The first kappa shape index (κ1) is 16.6. The summed E-state index contributed by atoms with van der Waals surface area (Å²) in [7, 11) is 4.06. The molecule has 2 rings (SSSR count). The van der Waals surface area contributed by atoms with Crippen LogP contribution in [0.25, 0.3) is 0 Å². The van der Waals surface area contributed by atoms with E-state index in [4.69, 9.17) is 9.47 Å². The molecule has 2 aromatic rings. The predicted molar refractivity (Wildman–Crippen MR) is 93.0 cm³/mol. The van der Waals surface area contributed by atoms with Gasteiger partial charge in [-0.2, -0.15) is 0 Å². The Balaban J connectivity index is 0.00000200. The van der Waals surface area contributed by atoms with Crippen molar-refractivity contribution in [2.24, 2.45) is 0 Å². The van der Waals surface area contributed by atoms with Crippen LogP contribution in [0.5, 0.6) is 11.5 Å². The van der Waals surface area contributed by atoms with Crippen LogP contribution in [0.1, 0.15) is 11.1 Å². The molecular formula is C16H22BO2P. The second-order valence-corrected chi connectivity index (χ2v) is 5.81. The van der Waals surface area contributed by atoms with Gasteiger partial charge in [0.2, 0.25) is 0 Å². The SMILES string of the molecule is B.COc1ccc(Pc2ccc(OC)cc2C)c(C)c1. The number of methoxy groups -OCH3 is 2. The molecule has 0 aromatic heterocycles. The number of aryl methyl sites for hydroxylation is 2. The summed E-state index contributed by atoms with van der Waals surface area (Å²) in [5.74, 6) is 1.83. The van der Waals surface area contributed by atoms with Crippen LogP contribution in [0.2, 0.25) is 0 Å². The number of benzene rings is 2. The van der Waals surface area contributed by atoms with Crippen LogP contribution in [0.4, 0.5) is 0 Å². The molecule has 20 heavy (non-hydrogen) atoms. The van der Waals surface area contributed by atoms with E-state index in [-0.39, 0.29) is 8.41 Å². The maximum atomic E-state index is 5.24. The van der Waals surface area contributed by atoms with Gasteiger partial charge in [-0.3, -0.25) is 0 Å². The maximum absolute atomic E-state index is 5.24. The molecule has 0 aliphatic carbocycles. The summed E-state index contributed by atoms with van der Waals surface area (Å²) >= 11 is 0. The summed E-state index contributed by atoms with van der Waals surface area (Å²) in [5.41, 5.74) is 2.54. The zero-order valence-electron chi connectivity index (χ0n) is 11.8. The molecule has 0 aliphatic rings. The van der Waals surface area contributed by atoms with Crippen molar-refractivity contribution in [1.82, 2.24) is 0 Å². The highest BCUT2D eigenvalue weighted by Gasteiger charge is 2.05. The largest absolute Gasteiger partial charge is 0.497 e. The topological polar surface area (TPSA) is 18.5 Å². The van der Waals surface area contributed by atoms with Gasteiger partial charge in [-0.1, -0.05) is 20.7 Å². The van der Waals surface area contributed by atoms with Crippen molar-refractivity contribution < 1.29 is 9.47 Å². The van der Waals surface area contributed by atoms with Gasteiger partial charge in [0.15, 0.2) is 0 Å². The van der Waals surface area contributed by atoms with E-state index in [1.54, 1.807) is 14.2 Å². The predicted octanol–water partition coefficient (Wildman–Crippen LogP) is 1.77. The van der Waals surface area contributed by atoms with Crippen molar-refractivity contribution in [3.05, 3.63) is 47.5 Å². The molecule has 2 nitrogen and oxygen atoms in total. The Kier molecular flexibility index (Phi) is 6.10. The lowest BCUT2D eigenvalue weighted by molar-refractivity contribution is 0.414. The average Bonchev–Trinajstić information content (AvgIpc) is 2.42. The van der Waals surface area contributed by atoms with Crippen LogP contribution in [-0.2, 0) is 0 Å². The number of hydrogen-bond donors (Lipinski definition) is 0. The van der Waals surface area contributed by atoms with Crippen molar-refractivity contribution in [2.45, 2.75) is 13.8 Å². The number of rotatable bonds is 4. The average molecular weight is 288 g/mol. The quantitative estimate of drug-likeness (QED) is 0.630. The minimum atomic E-state index is 0. The van der Waals surface area contributed by atoms with Gasteiger partial charge in [0.05, 0.1) is 22.6 Å². The smallest absolute Gasteiger partial charge is 0.119 e. The van der Waals surface area contributed by atoms with Crippen molar-refractivity contribution in [3.63, 3.8) is 0 Å². The summed E-state index contributed by atoms with van der Waals surface area (Å²) in [5, 5.41) is 2.71. The van der Waals surface area contributed by atoms with Crippen molar-refractivity contribution in [1.29, 1.82) is 0 Å². The fourth-order valence-corrected chi connectivity index (χ4v) is 3.11. The molecule has 0 N–H and O–H groups in total. The molecule has 4 heteroatoms. The molecule has 0 atom stereocenters. The Hall–Kier alpha value is -1.47. The lowest BCUT2D eigenvalue weighted by atomic mass is 10.2. The molecule has 0 unspecified atom stereocenters. The molecular weight excluding hydrogens is 266 g/mol. The minimum Gasteiger partial charge on any atom is -0.497 e. The van der Waals surface area contributed by atoms with E-state index in [1.165, 1.54) is 21.7 Å². The van der Waals surface area contributed by atoms with Crippen LogP contribution in [0.3, 0.4) is 0 Å². The molecule has 2 aromatic carbocycles. The first-order valence-electron chi connectivity index (χ1n) is 6.20. The van der Waals surface area contributed by atoms with E-state index in [1.807, 2.05) is 12.1 Å². The maximum Gasteiger partial charge on any atom is 0.119 e. The fraction of sp³-hybridized carbons (Fsp3) is 0.250. The molecule has 0 aliphatic heterocycles. The van der Waals surface area contributed by atoms with Crippen molar-refractivity contribution in [2.75, 3.05) is 14.2 Å². The number of ether oxygens (including phenoxy) is 2. The van der Waals surface area contributed by atoms with Crippen LogP contribution >= 0.6 is 8.58 Å². The van der Waals surface area contributed by atoms with Crippen LogP contribution in [-0.4, -0.2) is 22.6 Å². The third-order valence-electron chi connectivity index (χ3n) is 3.14. The van der Waals surface area contributed by atoms with Gasteiger partial charge in [-0.05, 0) is 59.8 Å². The Bertz CT molecular complexity index is 533. The Morgan fingerprint density at radius 1 is 0.750 bits per heavy atom. The molecule has 0 bridgehead atoms. The van der Waals surface area contributed by atoms with Gasteiger partial charge in [0.25, 0.3) is 0 Å². The Labute approximate surface area is 124 Å². The summed E-state index contributed by atoms with van der Waals surface area (Å²) in [6.45, 7) is 4.26. The second kappa shape index (κ2) is 7.35. The number of hydrogen-bond acceptors (Lipinski definition) is 2. The first-order valence-corrected chi connectivity index (χ1v) is 7.20. The van der Waals surface area contributed by atoms with E-state index < -0.39 is 0 Å². The second-order valence-electron chi connectivity index (χ2n) is 4.49. The van der Waals surface area contributed by atoms with E-state index in [0.717, 1.165) is 11.5 Å². The fourth-order valence-electron chi connectivity index (χ4n) is 1.95. The zero-order valence-corrected chi connectivity index (χ0v) is 12.8. The van der Waals surface area contributed by atoms with E-state index >= 15 is 0 Å². The zero-order chi connectivity index (χ0) is 13.8. The Morgan fingerprint density at radius 2 is 1.15 bits per heavy atom. The highest BCUT2D eigenvalue weighted by Crippen LogP contribution is 2.21. The highest BCUT2D eigenvalue weighted by molar-refractivity contribution is 7.55. The van der Waals surface area contributed by atoms with Gasteiger partial charge >= 0.3 is 0 Å². The van der Waals surface area contributed by atoms with E-state index in [0.29, 0.717) is 8.58 Å². The van der Waals surface area contributed by atoms with Gasteiger partial charge in [-0.15, -0.1) is 0 Å². The van der Waals surface area contributed by atoms with Crippen molar-refractivity contribution >= 4 is 27.6 Å². The summed E-state index contributed by atoms with van der Waals surface area (Å²) in [4.78, 5) is 0. The molecule has 106 valence electrons. The molecule has 0 saturated heterocycles. The van der Waals surface area contributed by atoms with Gasteiger partial charge in [0.1, 0.15) is 11.5 Å². The molecule has 0 fully saturated rings. The lowest BCUT2D eigenvalue weighted by Gasteiger charge is -2.11. The molecule has 0 heterocycles. The van der Waals surface area contributed by atoms with Gasteiger partial charge < -0.3 is 9.47 Å². The van der Waals surface area contributed by atoms with Crippen molar-refractivity contribution in [3.8, 4) is 11.5 Å². The van der Waals surface area contributed by atoms with Gasteiger partial charge in [0, 0.05) is 0 Å². The van der Waals surface area contributed by atoms with Crippen LogP contribution in [0.15, 0.2) is 36.4 Å². The summed E-state index contributed by atoms with van der Waals surface area (Å²) in [6.07, 6.45) is 0. The standard InChI is InChI=1S/C16H19O2P.BH3/c1-11-9-13(17-3)5-7-15(11)19-16-8-6-14(18-4)10-12(16)2;/h5-10,19H,1-4H3;1H3. The lowest BCUT2D eigenvalue weighted by Crippen LogP contribution is -2.09. The summed E-state index contributed by atoms with van der Waals surface area (Å²) in [6, 6.07) is 12.5. The van der Waals surface area contributed by atoms with Crippen LogP contribution in [0, 0.1) is 13.8 Å². The van der Waals surface area contributed by atoms with Crippen LogP contribution < -0.4 is 20.1 Å². The first-order chi connectivity index (χ1) is 9.13.